The predicted octanol–water partition coefficient (Wildman–Crippen LogP) is 2.26. The first kappa shape index (κ1) is 17.8. The van der Waals surface area contributed by atoms with Gasteiger partial charge in [-0.1, -0.05) is 12.1 Å². The van der Waals surface area contributed by atoms with Crippen LogP contribution in [0.1, 0.15) is 24.8 Å². The Morgan fingerprint density at radius 1 is 1.38 bits per heavy atom. The smallest absolute Gasteiger partial charge is 0.222 e. The lowest BCUT2D eigenvalue weighted by atomic mass is 10.0. The minimum absolute atomic E-state index is 0. The monoisotopic (exact) mass is 312 g/mol. The molecule has 1 unspecified atom stereocenters. The Morgan fingerprint density at radius 2 is 2.10 bits per heavy atom. The Hall–Kier alpha value is -1.26. The highest BCUT2D eigenvalue weighted by Gasteiger charge is 2.21. The van der Waals surface area contributed by atoms with Crippen molar-refractivity contribution in [1.82, 2.24) is 10.2 Å². The molecule has 21 heavy (non-hydrogen) atoms. The number of likely N-dealkylation sites (N-methyl/N-ethyl adjacent to an activating group) is 1. The quantitative estimate of drug-likeness (QED) is 0.907. The zero-order valence-corrected chi connectivity index (χ0v) is 13.6. The first-order valence-corrected chi connectivity index (χ1v) is 7.31. The number of likely N-dealkylation sites (tertiary alicyclic amines) is 1. The van der Waals surface area contributed by atoms with Crippen LogP contribution in [0.3, 0.4) is 0 Å². The van der Waals surface area contributed by atoms with Gasteiger partial charge >= 0.3 is 0 Å². The van der Waals surface area contributed by atoms with Gasteiger partial charge in [-0.15, -0.1) is 12.4 Å². The van der Waals surface area contributed by atoms with E-state index in [4.69, 9.17) is 4.74 Å². The van der Waals surface area contributed by atoms with E-state index in [0.29, 0.717) is 12.5 Å². The number of ether oxygens (including phenoxy) is 1. The second kappa shape index (κ2) is 8.90. The van der Waals surface area contributed by atoms with Crippen LogP contribution in [0.25, 0.3) is 0 Å². The number of carbonyl (C=O) groups is 1. The fourth-order valence-corrected chi connectivity index (χ4v) is 2.64. The van der Waals surface area contributed by atoms with Crippen molar-refractivity contribution in [2.45, 2.75) is 31.7 Å². The second-order valence-electron chi connectivity index (χ2n) is 5.32. The molecule has 1 fully saturated rings. The van der Waals surface area contributed by atoms with E-state index in [1.54, 1.807) is 7.11 Å². The summed E-state index contributed by atoms with van der Waals surface area (Å²) >= 11 is 0. The highest BCUT2D eigenvalue weighted by atomic mass is 35.5. The summed E-state index contributed by atoms with van der Waals surface area (Å²) in [6, 6.07) is 8.39. The molecule has 118 valence electrons. The maximum Gasteiger partial charge on any atom is 0.222 e. The number of benzene rings is 1. The van der Waals surface area contributed by atoms with Gasteiger partial charge in [0.05, 0.1) is 7.11 Å². The van der Waals surface area contributed by atoms with Crippen molar-refractivity contribution in [3.8, 4) is 5.75 Å². The molecular weight excluding hydrogens is 288 g/mol. The topological polar surface area (TPSA) is 41.6 Å². The van der Waals surface area contributed by atoms with Gasteiger partial charge in [0.25, 0.3) is 0 Å². The minimum atomic E-state index is 0. The number of piperidine rings is 1. The second-order valence-corrected chi connectivity index (χ2v) is 5.32. The molecule has 1 amide bonds. The first-order valence-electron chi connectivity index (χ1n) is 7.31. The van der Waals surface area contributed by atoms with Crippen molar-refractivity contribution in [2.24, 2.45) is 0 Å². The molecule has 0 aromatic heterocycles. The van der Waals surface area contributed by atoms with Gasteiger partial charge in [0.15, 0.2) is 0 Å². The van der Waals surface area contributed by atoms with Gasteiger partial charge in [-0.2, -0.15) is 0 Å². The molecule has 0 saturated carbocycles. The molecule has 1 aliphatic rings. The van der Waals surface area contributed by atoms with Gasteiger partial charge in [-0.05, 0) is 44.0 Å². The number of nitrogens with zero attached hydrogens (tertiary/aromatic N) is 1. The Morgan fingerprint density at radius 3 is 2.71 bits per heavy atom. The van der Waals surface area contributed by atoms with Crippen molar-refractivity contribution in [2.75, 3.05) is 27.2 Å². The van der Waals surface area contributed by atoms with E-state index in [-0.39, 0.29) is 18.3 Å². The number of methoxy groups -OCH3 is 1. The van der Waals surface area contributed by atoms with Crippen molar-refractivity contribution < 1.29 is 9.53 Å². The van der Waals surface area contributed by atoms with E-state index >= 15 is 0 Å². The molecule has 5 heteroatoms. The van der Waals surface area contributed by atoms with E-state index in [1.807, 2.05) is 36.2 Å². The van der Waals surface area contributed by atoms with Gasteiger partial charge < -0.3 is 15.0 Å². The molecule has 1 aliphatic heterocycles. The summed E-state index contributed by atoms with van der Waals surface area (Å²) in [6.07, 6.45) is 3.64. The lowest BCUT2D eigenvalue weighted by molar-refractivity contribution is -0.132. The molecule has 1 aromatic rings. The third-order valence-electron chi connectivity index (χ3n) is 3.97. The summed E-state index contributed by atoms with van der Waals surface area (Å²) in [6.45, 7) is 1.75. The number of rotatable bonds is 5. The van der Waals surface area contributed by atoms with Gasteiger partial charge in [-0.25, -0.2) is 0 Å². The maximum absolute atomic E-state index is 12.2. The van der Waals surface area contributed by atoms with Crippen LogP contribution in [-0.2, 0) is 11.2 Å². The molecule has 0 radical (unpaired) electrons. The highest BCUT2D eigenvalue weighted by molar-refractivity contribution is 5.85. The Bertz CT molecular complexity index is 436. The van der Waals surface area contributed by atoms with Crippen LogP contribution in [0.2, 0.25) is 0 Å². The van der Waals surface area contributed by atoms with Gasteiger partial charge in [0.2, 0.25) is 5.91 Å². The molecule has 1 aromatic carbocycles. The number of nitrogens with one attached hydrogen (secondary N) is 1. The predicted molar refractivity (Wildman–Crippen MR) is 87.2 cm³/mol. The van der Waals surface area contributed by atoms with Gasteiger partial charge in [0, 0.05) is 25.6 Å². The molecule has 2 rings (SSSR count). The number of hydrogen-bond acceptors (Lipinski definition) is 3. The SMILES string of the molecule is CNC1CCCN(C(=O)CCc2ccc(OC)cc2)C1.Cl. The lowest BCUT2D eigenvalue weighted by Crippen LogP contribution is -2.47. The normalized spacial score (nSPS) is 18.0. The molecular formula is C16H25ClN2O2. The summed E-state index contributed by atoms with van der Waals surface area (Å²) in [5.41, 5.74) is 1.18. The third-order valence-corrected chi connectivity index (χ3v) is 3.97. The van der Waals surface area contributed by atoms with Crippen LogP contribution in [0.15, 0.2) is 24.3 Å². The number of carbonyl (C=O) groups excluding carboxylic acids is 1. The minimum Gasteiger partial charge on any atom is -0.497 e. The van der Waals surface area contributed by atoms with Crippen molar-refractivity contribution in [1.29, 1.82) is 0 Å². The zero-order valence-electron chi connectivity index (χ0n) is 12.8. The molecule has 1 atom stereocenters. The molecule has 4 nitrogen and oxygen atoms in total. The summed E-state index contributed by atoms with van der Waals surface area (Å²) in [4.78, 5) is 14.2. The van der Waals surface area contributed by atoms with Crippen LogP contribution < -0.4 is 10.1 Å². The summed E-state index contributed by atoms with van der Waals surface area (Å²) < 4.78 is 5.13. The van der Waals surface area contributed by atoms with E-state index in [2.05, 4.69) is 5.32 Å². The molecule has 0 spiro atoms. The highest BCUT2D eigenvalue weighted by Crippen LogP contribution is 2.15. The summed E-state index contributed by atoms with van der Waals surface area (Å²) in [7, 11) is 3.63. The molecule has 1 heterocycles. The standard InChI is InChI=1S/C16H24N2O2.ClH/c1-17-14-4-3-11-18(12-14)16(19)10-7-13-5-8-15(20-2)9-6-13;/h5-6,8-9,14,17H,3-4,7,10-12H2,1-2H3;1H. The van der Waals surface area contributed by atoms with Crippen LogP contribution >= 0.6 is 12.4 Å². The van der Waals surface area contributed by atoms with Crippen LogP contribution in [-0.4, -0.2) is 44.1 Å². The molecule has 0 aliphatic carbocycles. The molecule has 1 N–H and O–H groups in total. The molecule has 0 bridgehead atoms. The van der Waals surface area contributed by atoms with E-state index in [1.165, 1.54) is 12.0 Å². The Labute approximate surface area is 133 Å². The van der Waals surface area contributed by atoms with Crippen molar-refractivity contribution in [3.63, 3.8) is 0 Å². The average molecular weight is 313 g/mol. The Kier molecular flexibility index (Phi) is 7.54. The number of aryl methyl sites for hydroxylation is 1. The van der Waals surface area contributed by atoms with Crippen LogP contribution in [0, 0.1) is 0 Å². The van der Waals surface area contributed by atoms with Crippen LogP contribution in [0.4, 0.5) is 0 Å². The maximum atomic E-state index is 12.2. The van der Waals surface area contributed by atoms with Gasteiger partial charge in [0.1, 0.15) is 5.75 Å². The molecule has 1 saturated heterocycles. The van der Waals surface area contributed by atoms with E-state index in [9.17, 15) is 4.79 Å². The first-order chi connectivity index (χ1) is 9.72. The van der Waals surface area contributed by atoms with Crippen LogP contribution in [0.5, 0.6) is 5.75 Å². The summed E-state index contributed by atoms with van der Waals surface area (Å²) in [5, 5.41) is 3.27. The van der Waals surface area contributed by atoms with E-state index in [0.717, 1.165) is 31.7 Å². The average Bonchev–Trinajstić information content (AvgIpc) is 2.53. The van der Waals surface area contributed by atoms with Gasteiger partial charge in [-0.3, -0.25) is 4.79 Å². The number of hydrogen-bond donors (Lipinski definition) is 1. The summed E-state index contributed by atoms with van der Waals surface area (Å²) in [5.74, 6) is 1.12. The largest absolute Gasteiger partial charge is 0.497 e. The number of halogens is 1. The lowest BCUT2D eigenvalue weighted by Gasteiger charge is -2.32. The fourth-order valence-electron chi connectivity index (χ4n) is 2.64. The Balaban J connectivity index is 0.00000220. The number of amides is 1. The fraction of sp³-hybridized carbons (Fsp3) is 0.562. The van der Waals surface area contributed by atoms with Crippen molar-refractivity contribution in [3.05, 3.63) is 29.8 Å². The third kappa shape index (κ3) is 5.21. The van der Waals surface area contributed by atoms with Crippen molar-refractivity contribution >= 4 is 18.3 Å². The zero-order chi connectivity index (χ0) is 14.4. The van der Waals surface area contributed by atoms with E-state index < -0.39 is 0 Å².